The van der Waals surface area contributed by atoms with Crippen LogP contribution in [0.4, 0.5) is 0 Å². The molecule has 1 aromatic carbocycles. The molecule has 0 amide bonds. The highest BCUT2D eigenvalue weighted by Gasteiger charge is 2.14. The average molecular weight is 230 g/mol. The molecule has 0 aliphatic heterocycles. The number of fused-ring (bicyclic) bond motifs is 1. The minimum atomic E-state index is 0.245. The molecule has 0 aliphatic rings. The number of benzene rings is 1. The molecule has 0 N–H and O–H groups in total. The quantitative estimate of drug-likeness (QED) is 0.808. The molecule has 3 nitrogen and oxygen atoms in total. The number of Topliss-reactive ketones (excluding diaryl/α,β-unsaturated/α-hetero) is 1. The molecule has 0 radical (unpaired) electrons. The van der Waals surface area contributed by atoms with E-state index < -0.39 is 0 Å². The van der Waals surface area contributed by atoms with Crippen LogP contribution in [0.2, 0.25) is 0 Å². The van der Waals surface area contributed by atoms with Crippen LogP contribution < -0.4 is 0 Å². The second-order valence-electron chi connectivity index (χ2n) is 4.59. The molecule has 0 atom stereocenters. The summed E-state index contributed by atoms with van der Waals surface area (Å²) in [5.41, 5.74) is 2.03. The molecule has 3 heteroatoms. The zero-order chi connectivity index (χ0) is 12.4. The van der Waals surface area contributed by atoms with Crippen molar-refractivity contribution in [3.05, 3.63) is 30.1 Å². The molecule has 2 aromatic rings. The van der Waals surface area contributed by atoms with E-state index in [9.17, 15) is 4.79 Å². The number of hydrogen-bond acceptors (Lipinski definition) is 2. The van der Waals surface area contributed by atoms with E-state index in [2.05, 4.69) is 18.8 Å². The van der Waals surface area contributed by atoms with Gasteiger partial charge in [-0.15, -0.1) is 0 Å². The monoisotopic (exact) mass is 230 g/mol. The first-order valence-corrected chi connectivity index (χ1v) is 6.10. The summed E-state index contributed by atoms with van der Waals surface area (Å²) in [5.74, 6) is 1.56. The molecule has 17 heavy (non-hydrogen) atoms. The van der Waals surface area contributed by atoms with E-state index in [-0.39, 0.29) is 5.78 Å². The van der Waals surface area contributed by atoms with E-state index in [1.165, 1.54) is 0 Å². The normalized spacial score (nSPS) is 11.3. The number of ketones is 1. The molecule has 0 unspecified atom stereocenters. The van der Waals surface area contributed by atoms with Gasteiger partial charge in [0.2, 0.25) is 0 Å². The fraction of sp³-hybridized carbons (Fsp3) is 0.429. The Morgan fingerprint density at radius 1 is 1.35 bits per heavy atom. The second kappa shape index (κ2) is 4.70. The van der Waals surface area contributed by atoms with E-state index in [0.717, 1.165) is 16.9 Å². The molecule has 0 bridgehead atoms. The number of carbonyl (C=O) groups excluding carboxylic acids is 1. The lowest BCUT2D eigenvalue weighted by Crippen LogP contribution is -2.12. The van der Waals surface area contributed by atoms with Crippen LogP contribution in [0.1, 0.15) is 38.9 Å². The largest absolute Gasteiger partial charge is 0.320 e. The Morgan fingerprint density at radius 3 is 2.71 bits per heavy atom. The van der Waals surface area contributed by atoms with Crippen LogP contribution in [0.15, 0.2) is 24.3 Å². The minimum absolute atomic E-state index is 0.245. The molecule has 0 aliphatic carbocycles. The predicted molar refractivity (Wildman–Crippen MR) is 69.1 cm³/mol. The van der Waals surface area contributed by atoms with Gasteiger partial charge in [0.15, 0.2) is 5.78 Å². The van der Waals surface area contributed by atoms with Crippen molar-refractivity contribution >= 4 is 16.8 Å². The van der Waals surface area contributed by atoms with Gasteiger partial charge < -0.3 is 4.57 Å². The summed E-state index contributed by atoms with van der Waals surface area (Å²) < 4.78 is 2.05. The van der Waals surface area contributed by atoms with Gasteiger partial charge >= 0.3 is 0 Å². The van der Waals surface area contributed by atoms with Crippen molar-refractivity contribution in [2.75, 3.05) is 0 Å². The van der Waals surface area contributed by atoms with E-state index in [1.54, 1.807) is 0 Å². The van der Waals surface area contributed by atoms with Crippen molar-refractivity contribution in [2.24, 2.45) is 0 Å². The molecule has 90 valence electrons. The van der Waals surface area contributed by atoms with Gasteiger partial charge in [-0.1, -0.05) is 32.9 Å². The van der Waals surface area contributed by atoms with Crippen LogP contribution in [0, 0.1) is 0 Å². The summed E-state index contributed by atoms with van der Waals surface area (Å²) in [6.45, 7) is 6.54. The van der Waals surface area contributed by atoms with E-state index in [1.807, 2.05) is 35.8 Å². The highest BCUT2D eigenvalue weighted by atomic mass is 16.1. The van der Waals surface area contributed by atoms with Crippen molar-refractivity contribution in [3.8, 4) is 0 Å². The molecule has 1 aromatic heterocycles. The van der Waals surface area contributed by atoms with Gasteiger partial charge in [0.25, 0.3) is 0 Å². The van der Waals surface area contributed by atoms with E-state index in [4.69, 9.17) is 0 Å². The van der Waals surface area contributed by atoms with Crippen LogP contribution in [0.25, 0.3) is 11.0 Å². The van der Waals surface area contributed by atoms with Crippen molar-refractivity contribution in [1.82, 2.24) is 9.55 Å². The van der Waals surface area contributed by atoms with Gasteiger partial charge in [0.05, 0.1) is 17.6 Å². The average Bonchev–Trinajstić information content (AvgIpc) is 2.68. The summed E-state index contributed by atoms with van der Waals surface area (Å²) in [5, 5.41) is 0. The van der Waals surface area contributed by atoms with Gasteiger partial charge in [-0.25, -0.2) is 4.98 Å². The third kappa shape index (κ3) is 2.23. The maximum absolute atomic E-state index is 11.6. The molecule has 0 spiro atoms. The molecule has 0 saturated carbocycles. The summed E-state index contributed by atoms with van der Waals surface area (Å²) in [4.78, 5) is 16.3. The van der Waals surface area contributed by atoms with Crippen LogP contribution >= 0.6 is 0 Å². The number of rotatable bonds is 4. The van der Waals surface area contributed by atoms with Crippen LogP contribution in [0.5, 0.6) is 0 Å². The van der Waals surface area contributed by atoms with Crippen molar-refractivity contribution in [1.29, 1.82) is 0 Å². The van der Waals surface area contributed by atoms with Crippen molar-refractivity contribution in [3.63, 3.8) is 0 Å². The SMILES string of the molecule is CCC(=O)Cn1c(C(C)C)nc2ccccc21. The number of aromatic nitrogens is 2. The smallest absolute Gasteiger partial charge is 0.152 e. The third-order valence-electron chi connectivity index (χ3n) is 2.93. The maximum atomic E-state index is 11.6. The Hall–Kier alpha value is -1.64. The number of carbonyl (C=O) groups is 1. The first kappa shape index (κ1) is 11.8. The molecular weight excluding hydrogens is 212 g/mol. The Balaban J connectivity index is 2.55. The van der Waals surface area contributed by atoms with E-state index in [0.29, 0.717) is 18.9 Å². The third-order valence-corrected chi connectivity index (χ3v) is 2.93. The van der Waals surface area contributed by atoms with Gasteiger partial charge in [-0.05, 0) is 12.1 Å². The van der Waals surface area contributed by atoms with Crippen LogP contribution in [-0.4, -0.2) is 15.3 Å². The second-order valence-corrected chi connectivity index (χ2v) is 4.59. The lowest BCUT2D eigenvalue weighted by Gasteiger charge is -2.09. The van der Waals surface area contributed by atoms with Crippen LogP contribution in [0.3, 0.4) is 0 Å². The topological polar surface area (TPSA) is 34.9 Å². The van der Waals surface area contributed by atoms with Crippen LogP contribution in [-0.2, 0) is 11.3 Å². The molecule has 2 rings (SSSR count). The Kier molecular flexibility index (Phi) is 3.27. The lowest BCUT2D eigenvalue weighted by molar-refractivity contribution is -0.119. The minimum Gasteiger partial charge on any atom is -0.320 e. The number of nitrogens with zero attached hydrogens (tertiary/aromatic N) is 2. The standard InChI is InChI=1S/C14H18N2O/c1-4-11(17)9-16-13-8-6-5-7-12(13)15-14(16)10(2)3/h5-8,10H,4,9H2,1-3H3. The predicted octanol–water partition coefficient (Wildman–Crippen LogP) is 3.14. The van der Waals surface area contributed by atoms with Gasteiger partial charge in [-0.2, -0.15) is 0 Å². The number of imidazole rings is 1. The first-order chi connectivity index (χ1) is 8.13. The summed E-state index contributed by atoms with van der Waals surface area (Å²) in [6.07, 6.45) is 0.573. The zero-order valence-corrected chi connectivity index (χ0v) is 10.6. The molecule has 0 saturated heterocycles. The van der Waals surface area contributed by atoms with Crippen molar-refractivity contribution in [2.45, 2.75) is 39.7 Å². The Bertz CT molecular complexity index is 540. The number of para-hydroxylation sites is 2. The van der Waals surface area contributed by atoms with Gasteiger partial charge in [0.1, 0.15) is 5.82 Å². The fourth-order valence-corrected chi connectivity index (χ4v) is 1.99. The summed E-state index contributed by atoms with van der Waals surface area (Å²) in [7, 11) is 0. The Morgan fingerprint density at radius 2 is 2.06 bits per heavy atom. The highest BCUT2D eigenvalue weighted by molar-refractivity contribution is 5.82. The fourth-order valence-electron chi connectivity index (χ4n) is 1.99. The molecule has 1 heterocycles. The first-order valence-electron chi connectivity index (χ1n) is 6.10. The van der Waals surface area contributed by atoms with Gasteiger partial charge in [0, 0.05) is 12.3 Å². The van der Waals surface area contributed by atoms with Crippen molar-refractivity contribution < 1.29 is 4.79 Å². The number of hydrogen-bond donors (Lipinski definition) is 0. The summed E-state index contributed by atoms with van der Waals surface area (Å²) >= 11 is 0. The zero-order valence-electron chi connectivity index (χ0n) is 10.6. The van der Waals surface area contributed by atoms with E-state index >= 15 is 0 Å². The summed E-state index contributed by atoms with van der Waals surface area (Å²) in [6, 6.07) is 7.98. The molecular formula is C14H18N2O. The van der Waals surface area contributed by atoms with Gasteiger partial charge in [-0.3, -0.25) is 4.79 Å². The Labute approximate surface area is 101 Å². The lowest BCUT2D eigenvalue weighted by atomic mass is 10.2. The molecule has 0 fully saturated rings. The highest BCUT2D eigenvalue weighted by Crippen LogP contribution is 2.21. The maximum Gasteiger partial charge on any atom is 0.152 e.